The zero-order valence-electron chi connectivity index (χ0n) is 15.1. The topological polar surface area (TPSA) is 72.1 Å². The highest BCUT2D eigenvalue weighted by atomic mass is 16.5. The van der Waals surface area contributed by atoms with Gasteiger partial charge in [0, 0.05) is 24.3 Å². The number of amides is 1. The monoisotopic (exact) mass is 354 g/mol. The SMILES string of the molecule is O=C(c1cc(-c2ccncn2)on1)N(C1CCCCC1)C1CCCCC1. The van der Waals surface area contributed by atoms with Gasteiger partial charge in [0.1, 0.15) is 12.0 Å². The summed E-state index contributed by atoms with van der Waals surface area (Å²) >= 11 is 0. The highest BCUT2D eigenvalue weighted by Gasteiger charge is 2.34. The van der Waals surface area contributed by atoms with Gasteiger partial charge in [-0.3, -0.25) is 4.79 Å². The summed E-state index contributed by atoms with van der Waals surface area (Å²) in [6.45, 7) is 0. The van der Waals surface area contributed by atoms with Crippen LogP contribution >= 0.6 is 0 Å². The second kappa shape index (κ2) is 7.98. The molecule has 138 valence electrons. The molecule has 2 fully saturated rings. The molecule has 6 heteroatoms. The Morgan fingerprint density at radius 1 is 1.00 bits per heavy atom. The molecule has 2 aromatic heterocycles. The largest absolute Gasteiger partial charge is 0.354 e. The molecule has 0 unspecified atom stereocenters. The molecule has 0 aliphatic heterocycles. The van der Waals surface area contributed by atoms with E-state index in [1.807, 2.05) is 0 Å². The molecule has 0 radical (unpaired) electrons. The van der Waals surface area contributed by atoms with Gasteiger partial charge in [-0.1, -0.05) is 43.7 Å². The van der Waals surface area contributed by atoms with Gasteiger partial charge >= 0.3 is 0 Å². The number of carbonyl (C=O) groups excluding carboxylic acids is 1. The number of rotatable bonds is 4. The molecular formula is C20H26N4O2. The Morgan fingerprint density at radius 2 is 1.65 bits per heavy atom. The van der Waals surface area contributed by atoms with Gasteiger partial charge in [0.2, 0.25) is 0 Å². The van der Waals surface area contributed by atoms with Crippen LogP contribution in [0.4, 0.5) is 0 Å². The minimum atomic E-state index is 0.0212. The van der Waals surface area contributed by atoms with Crippen molar-refractivity contribution < 1.29 is 9.32 Å². The molecule has 26 heavy (non-hydrogen) atoms. The summed E-state index contributed by atoms with van der Waals surface area (Å²) in [6.07, 6.45) is 15.0. The highest BCUT2D eigenvalue weighted by molar-refractivity contribution is 5.93. The molecule has 2 heterocycles. The van der Waals surface area contributed by atoms with Gasteiger partial charge in [0.15, 0.2) is 11.5 Å². The molecule has 0 N–H and O–H groups in total. The average molecular weight is 354 g/mol. The first-order valence-corrected chi connectivity index (χ1v) is 9.88. The smallest absolute Gasteiger partial charge is 0.276 e. The molecule has 0 bridgehead atoms. The van der Waals surface area contributed by atoms with E-state index >= 15 is 0 Å². The number of hydrogen-bond acceptors (Lipinski definition) is 5. The van der Waals surface area contributed by atoms with E-state index in [1.165, 1.54) is 44.9 Å². The maximum absolute atomic E-state index is 13.4. The van der Waals surface area contributed by atoms with E-state index in [0.717, 1.165) is 25.7 Å². The number of aromatic nitrogens is 3. The molecular weight excluding hydrogens is 328 g/mol. The molecule has 0 saturated heterocycles. The van der Waals surface area contributed by atoms with Crippen molar-refractivity contribution in [2.75, 3.05) is 0 Å². The standard InChI is InChI=1S/C20H26N4O2/c25-20(18-13-19(26-23-18)17-11-12-21-14-22-17)24(15-7-3-1-4-8-15)16-9-5-2-6-10-16/h11-16H,1-10H2. The molecule has 1 amide bonds. The van der Waals surface area contributed by atoms with Crippen molar-refractivity contribution in [2.45, 2.75) is 76.3 Å². The van der Waals surface area contributed by atoms with Crippen LogP contribution in [-0.2, 0) is 0 Å². The fraction of sp³-hybridized carbons (Fsp3) is 0.600. The normalized spacial score (nSPS) is 19.4. The maximum Gasteiger partial charge on any atom is 0.276 e. The van der Waals surface area contributed by atoms with Gasteiger partial charge in [-0.15, -0.1) is 0 Å². The van der Waals surface area contributed by atoms with Crippen molar-refractivity contribution >= 4 is 5.91 Å². The van der Waals surface area contributed by atoms with Crippen LogP contribution in [0.3, 0.4) is 0 Å². The van der Waals surface area contributed by atoms with Crippen LogP contribution in [0.15, 0.2) is 29.2 Å². The zero-order valence-corrected chi connectivity index (χ0v) is 15.1. The first kappa shape index (κ1) is 17.2. The Hall–Kier alpha value is -2.24. The number of nitrogens with zero attached hydrogens (tertiary/aromatic N) is 4. The Bertz CT molecular complexity index is 700. The lowest BCUT2D eigenvalue weighted by Gasteiger charge is -2.41. The van der Waals surface area contributed by atoms with Crippen LogP contribution in [0.1, 0.15) is 74.7 Å². The van der Waals surface area contributed by atoms with Crippen molar-refractivity contribution in [3.05, 3.63) is 30.4 Å². The fourth-order valence-electron chi connectivity index (χ4n) is 4.41. The molecule has 2 aliphatic rings. The maximum atomic E-state index is 13.4. The van der Waals surface area contributed by atoms with Gasteiger partial charge in [-0.25, -0.2) is 9.97 Å². The molecule has 2 saturated carbocycles. The average Bonchev–Trinajstić information content (AvgIpc) is 3.21. The van der Waals surface area contributed by atoms with Crippen LogP contribution in [0.25, 0.3) is 11.5 Å². The van der Waals surface area contributed by atoms with E-state index < -0.39 is 0 Å². The first-order valence-electron chi connectivity index (χ1n) is 9.88. The third-order valence-electron chi connectivity index (χ3n) is 5.73. The quantitative estimate of drug-likeness (QED) is 0.821. The third kappa shape index (κ3) is 3.64. The van der Waals surface area contributed by atoms with Gasteiger partial charge in [-0.05, 0) is 31.7 Å². The van der Waals surface area contributed by atoms with E-state index in [1.54, 1.807) is 18.3 Å². The molecule has 0 spiro atoms. The summed E-state index contributed by atoms with van der Waals surface area (Å²) in [5.74, 6) is 0.538. The molecule has 2 aromatic rings. The lowest BCUT2D eigenvalue weighted by atomic mass is 9.88. The van der Waals surface area contributed by atoms with Gasteiger partial charge in [0.05, 0.1) is 0 Å². The van der Waals surface area contributed by atoms with Crippen molar-refractivity contribution in [1.29, 1.82) is 0 Å². The summed E-state index contributed by atoms with van der Waals surface area (Å²) in [5.41, 5.74) is 1.04. The van der Waals surface area contributed by atoms with E-state index in [2.05, 4.69) is 20.0 Å². The van der Waals surface area contributed by atoms with Crippen LogP contribution in [0.5, 0.6) is 0 Å². The Kier molecular flexibility index (Phi) is 5.27. The molecule has 0 atom stereocenters. The van der Waals surface area contributed by atoms with E-state index in [0.29, 0.717) is 29.2 Å². The lowest BCUT2D eigenvalue weighted by Crippen LogP contribution is -2.48. The second-order valence-electron chi connectivity index (χ2n) is 7.47. The molecule has 2 aliphatic carbocycles. The van der Waals surface area contributed by atoms with Crippen LogP contribution in [-0.4, -0.2) is 38.0 Å². The highest BCUT2D eigenvalue weighted by Crippen LogP contribution is 2.31. The summed E-state index contributed by atoms with van der Waals surface area (Å²) in [6, 6.07) is 4.18. The van der Waals surface area contributed by atoms with Crippen molar-refractivity contribution in [2.24, 2.45) is 0 Å². The predicted molar refractivity (Wildman–Crippen MR) is 97.4 cm³/mol. The number of carbonyl (C=O) groups is 1. The van der Waals surface area contributed by atoms with E-state index in [9.17, 15) is 4.79 Å². The third-order valence-corrected chi connectivity index (χ3v) is 5.73. The van der Waals surface area contributed by atoms with E-state index in [4.69, 9.17) is 4.52 Å². The summed E-state index contributed by atoms with van der Waals surface area (Å²) in [5, 5.41) is 4.08. The summed E-state index contributed by atoms with van der Waals surface area (Å²) < 4.78 is 5.41. The van der Waals surface area contributed by atoms with E-state index in [-0.39, 0.29) is 5.91 Å². The minimum Gasteiger partial charge on any atom is -0.354 e. The summed E-state index contributed by atoms with van der Waals surface area (Å²) in [4.78, 5) is 23.6. The van der Waals surface area contributed by atoms with Crippen molar-refractivity contribution in [1.82, 2.24) is 20.0 Å². The van der Waals surface area contributed by atoms with Crippen molar-refractivity contribution in [3.8, 4) is 11.5 Å². The summed E-state index contributed by atoms with van der Waals surface area (Å²) in [7, 11) is 0. The lowest BCUT2D eigenvalue weighted by molar-refractivity contribution is 0.0438. The van der Waals surface area contributed by atoms with Crippen LogP contribution < -0.4 is 0 Å². The Labute approximate surface area is 154 Å². The zero-order chi connectivity index (χ0) is 17.8. The minimum absolute atomic E-state index is 0.0212. The van der Waals surface area contributed by atoms with Gasteiger partial charge in [-0.2, -0.15) is 0 Å². The Morgan fingerprint density at radius 3 is 2.23 bits per heavy atom. The number of hydrogen-bond donors (Lipinski definition) is 0. The predicted octanol–water partition coefficient (Wildman–Crippen LogP) is 4.24. The molecule has 6 nitrogen and oxygen atoms in total. The Balaban J connectivity index is 1.58. The van der Waals surface area contributed by atoms with Crippen LogP contribution in [0.2, 0.25) is 0 Å². The second-order valence-corrected chi connectivity index (χ2v) is 7.47. The van der Waals surface area contributed by atoms with Crippen LogP contribution in [0, 0.1) is 0 Å². The molecule has 0 aromatic carbocycles. The molecule has 4 rings (SSSR count). The fourth-order valence-corrected chi connectivity index (χ4v) is 4.41. The van der Waals surface area contributed by atoms with Gasteiger partial charge in [0.25, 0.3) is 5.91 Å². The first-order chi connectivity index (χ1) is 12.8. The van der Waals surface area contributed by atoms with Gasteiger partial charge < -0.3 is 9.42 Å². The van der Waals surface area contributed by atoms with Crippen molar-refractivity contribution in [3.63, 3.8) is 0 Å².